The first-order valence-electron chi connectivity index (χ1n) is 20.4. The molecule has 0 radical (unpaired) electrons. The van der Waals surface area contributed by atoms with E-state index in [1.54, 1.807) is 0 Å². The van der Waals surface area contributed by atoms with Crippen molar-refractivity contribution >= 4 is 13.3 Å². The fraction of sp³-hybridized carbons (Fsp3) is 0.0727. The van der Waals surface area contributed by atoms with Crippen molar-refractivity contribution in [2.75, 3.05) is 0 Å². The molecule has 2 aliphatic carbocycles. The molecule has 0 bridgehead atoms. The van der Waals surface area contributed by atoms with Gasteiger partial charge in [-0.05, 0) is 78.9 Å². The number of hydrogen-bond donors (Lipinski definition) is 0. The molecule has 0 aliphatic heterocycles. The van der Waals surface area contributed by atoms with Crippen LogP contribution < -0.4 is 5.19 Å². The predicted octanol–water partition coefficient (Wildman–Crippen LogP) is 13.1. The molecule has 11 rings (SSSR count). The summed E-state index contributed by atoms with van der Waals surface area (Å²) >= 11 is 0. The summed E-state index contributed by atoms with van der Waals surface area (Å²) in [7, 11) is -1.70. The van der Waals surface area contributed by atoms with Crippen molar-refractivity contribution in [2.45, 2.75) is 25.1 Å². The van der Waals surface area contributed by atoms with Crippen LogP contribution in [0, 0.1) is 0 Å². The summed E-state index contributed by atoms with van der Waals surface area (Å²) in [5.41, 5.74) is 18.2. The van der Waals surface area contributed by atoms with E-state index in [2.05, 4.69) is 153 Å². The fourth-order valence-electron chi connectivity index (χ4n) is 9.62. The van der Waals surface area contributed by atoms with Crippen LogP contribution >= 0.6 is 0 Å². The first-order valence-corrected chi connectivity index (χ1v) is 23.9. The van der Waals surface area contributed by atoms with Gasteiger partial charge in [0.15, 0.2) is 17.5 Å². The standard InChI is InChI=1S/C55H41N3Si/c1-59(2,3)50-27-15-26-48-51(50)45-33-32-41(35-49(45)55(48)46-24-12-10-22-43(46)44-23-11-13-25-47(44)55)37-30-28-36(29-31-37)40-20-14-21-42(34-40)54-57-52(38-16-6-4-7-17-38)56-53(58-54)39-18-8-5-9-19-39/h4-35H,1-3H3. The minimum absolute atomic E-state index is 0.375. The van der Waals surface area contributed by atoms with Gasteiger partial charge in [0, 0.05) is 16.7 Å². The topological polar surface area (TPSA) is 38.7 Å². The van der Waals surface area contributed by atoms with E-state index in [0.717, 1.165) is 27.8 Å². The third-order valence-electron chi connectivity index (χ3n) is 12.3. The smallest absolute Gasteiger partial charge is 0.164 e. The summed E-state index contributed by atoms with van der Waals surface area (Å²) in [6.07, 6.45) is 0. The summed E-state index contributed by atoms with van der Waals surface area (Å²) in [6, 6.07) is 70.3. The van der Waals surface area contributed by atoms with Crippen molar-refractivity contribution in [2.24, 2.45) is 0 Å². The van der Waals surface area contributed by atoms with Crippen LogP contribution in [0.25, 0.3) is 78.7 Å². The number of aromatic nitrogens is 3. The molecule has 0 amide bonds. The zero-order chi connectivity index (χ0) is 39.7. The molecule has 59 heavy (non-hydrogen) atoms. The molecule has 4 heteroatoms. The van der Waals surface area contributed by atoms with Crippen LogP contribution in [0.5, 0.6) is 0 Å². The molecule has 0 atom stereocenters. The Kier molecular flexibility index (Phi) is 8.07. The lowest BCUT2D eigenvalue weighted by Crippen LogP contribution is -2.39. The molecule has 0 N–H and O–H groups in total. The molecule has 0 saturated carbocycles. The highest BCUT2D eigenvalue weighted by molar-refractivity contribution is 6.89. The Morgan fingerprint density at radius 3 is 1.34 bits per heavy atom. The van der Waals surface area contributed by atoms with Gasteiger partial charge in [0.2, 0.25) is 0 Å². The van der Waals surface area contributed by atoms with Crippen LogP contribution in [0.2, 0.25) is 19.6 Å². The molecule has 1 spiro atoms. The maximum atomic E-state index is 4.99. The van der Waals surface area contributed by atoms with Gasteiger partial charge in [-0.15, -0.1) is 0 Å². The minimum atomic E-state index is -1.70. The molecule has 1 heterocycles. The first-order chi connectivity index (χ1) is 28.9. The SMILES string of the molecule is C[Si](C)(C)c1cccc2c1-c1ccc(-c3ccc(-c4cccc(-c5nc(-c6ccccc6)nc(-c6ccccc6)n5)c4)cc3)cc1C21c2ccccc2-c2ccccc21. The van der Waals surface area contributed by atoms with E-state index in [0.29, 0.717) is 17.5 Å². The van der Waals surface area contributed by atoms with E-state index in [1.165, 1.54) is 60.8 Å². The highest BCUT2D eigenvalue weighted by Crippen LogP contribution is 2.63. The Bertz CT molecular complexity index is 2970. The van der Waals surface area contributed by atoms with Crippen molar-refractivity contribution in [3.05, 3.63) is 216 Å². The predicted molar refractivity (Wildman–Crippen MR) is 246 cm³/mol. The Hall–Kier alpha value is -7.01. The van der Waals surface area contributed by atoms with Crippen LogP contribution in [0.4, 0.5) is 0 Å². The average Bonchev–Trinajstić information content (AvgIpc) is 3.76. The van der Waals surface area contributed by atoms with Gasteiger partial charge in [-0.1, -0.05) is 207 Å². The van der Waals surface area contributed by atoms with E-state index in [-0.39, 0.29) is 5.41 Å². The van der Waals surface area contributed by atoms with Gasteiger partial charge in [0.25, 0.3) is 0 Å². The molecule has 3 nitrogen and oxygen atoms in total. The summed E-state index contributed by atoms with van der Waals surface area (Å²) in [5, 5.41) is 1.53. The van der Waals surface area contributed by atoms with Gasteiger partial charge in [-0.2, -0.15) is 0 Å². The zero-order valence-corrected chi connectivity index (χ0v) is 34.3. The Balaban J connectivity index is 1.01. The highest BCUT2D eigenvalue weighted by atomic mass is 28.3. The van der Waals surface area contributed by atoms with Crippen molar-refractivity contribution in [1.82, 2.24) is 15.0 Å². The monoisotopic (exact) mass is 771 g/mol. The zero-order valence-electron chi connectivity index (χ0n) is 33.3. The Labute approximate surface area is 346 Å². The molecule has 0 unspecified atom stereocenters. The van der Waals surface area contributed by atoms with Crippen molar-refractivity contribution in [3.8, 4) is 78.7 Å². The van der Waals surface area contributed by atoms with Crippen LogP contribution in [-0.4, -0.2) is 23.0 Å². The molecule has 1 aromatic heterocycles. The molecular formula is C55H41N3Si. The third-order valence-corrected chi connectivity index (χ3v) is 14.3. The summed E-state index contributed by atoms with van der Waals surface area (Å²) in [4.78, 5) is 14.9. The summed E-state index contributed by atoms with van der Waals surface area (Å²) in [5.74, 6) is 1.96. The largest absolute Gasteiger partial charge is 0.208 e. The van der Waals surface area contributed by atoms with Gasteiger partial charge < -0.3 is 0 Å². The minimum Gasteiger partial charge on any atom is -0.208 e. The lowest BCUT2D eigenvalue weighted by atomic mass is 9.70. The molecule has 9 aromatic rings. The van der Waals surface area contributed by atoms with E-state index in [1.807, 2.05) is 60.7 Å². The molecule has 8 aromatic carbocycles. The number of hydrogen-bond acceptors (Lipinski definition) is 3. The van der Waals surface area contributed by atoms with Crippen LogP contribution in [-0.2, 0) is 5.41 Å². The van der Waals surface area contributed by atoms with E-state index in [9.17, 15) is 0 Å². The van der Waals surface area contributed by atoms with Crippen molar-refractivity contribution in [1.29, 1.82) is 0 Å². The highest BCUT2D eigenvalue weighted by Gasteiger charge is 2.52. The number of fused-ring (bicyclic) bond motifs is 10. The van der Waals surface area contributed by atoms with Gasteiger partial charge in [0.05, 0.1) is 13.5 Å². The van der Waals surface area contributed by atoms with E-state index >= 15 is 0 Å². The van der Waals surface area contributed by atoms with E-state index < -0.39 is 8.07 Å². The maximum Gasteiger partial charge on any atom is 0.164 e. The number of benzene rings is 8. The molecule has 280 valence electrons. The van der Waals surface area contributed by atoms with Crippen molar-refractivity contribution in [3.63, 3.8) is 0 Å². The van der Waals surface area contributed by atoms with Crippen LogP contribution in [0.3, 0.4) is 0 Å². The van der Waals surface area contributed by atoms with E-state index in [4.69, 9.17) is 15.0 Å². The van der Waals surface area contributed by atoms with Gasteiger partial charge in [0.1, 0.15) is 0 Å². The average molecular weight is 772 g/mol. The van der Waals surface area contributed by atoms with Crippen LogP contribution in [0.1, 0.15) is 22.3 Å². The van der Waals surface area contributed by atoms with Crippen LogP contribution in [0.15, 0.2) is 194 Å². The Morgan fingerprint density at radius 1 is 0.322 bits per heavy atom. The maximum absolute atomic E-state index is 4.99. The Morgan fingerprint density at radius 2 is 0.763 bits per heavy atom. The van der Waals surface area contributed by atoms with Gasteiger partial charge in [-0.25, -0.2) is 15.0 Å². The number of rotatable bonds is 6. The quantitative estimate of drug-likeness (QED) is 0.158. The van der Waals surface area contributed by atoms with Gasteiger partial charge >= 0.3 is 0 Å². The number of nitrogens with zero attached hydrogens (tertiary/aromatic N) is 3. The normalized spacial score (nSPS) is 13.1. The second kappa shape index (κ2) is 13.5. The fourth-order valence-corrected chi connectivity index (χ4v) is 11.2. The lowest BCUT2D eigenvalue weighted by Gasteiger charge is -2.31. The molecule has 0 fully saturated rings. The van der Waals surface area contributed by atoms with Crippen molar-refractivity contribution < 1.29 is 0 Å². The molecular weight excluding hydrogens is 731 g/mol. The first kappa shape index (κ1) is 35.2. The van der Waals surface area contributed by atoms with Gasteiger partial charge in [-0.3, -0.25) is 0 Å². The second-order valence-corrected chi connectivity index (χ2v) is 21.8. The third kappa shape index (κ3) is 5.59. The molecule has 2 aliphatic rings. The summed E-state index contributed by atoms with van der Waals surface area (Å²) in [6.45, 7) is 7.43. The lowest BCUT2D eigenvalue weighted by molar-refractivity contribution is 0.794. The second-order valence-electron chi connectivity index (χ2n) is 16.8. The molecule has 0 saturated heterocycles. The summed E-state index contributed by atoms with van der Waals surface area (Å²) < 4.78 is 0.